The van der Waals surface area contributed by atoms with Crippen LogP contribution in [-0.2, 0) is 7.05 Å². The molecule has 1 aliphatic rings. The van der Waals surface area contributed by atoms with E-state index in [-0.39, 0.29) is 6.04 Å². The van der Waals surface area contributed by atoms with E-state index in [9.17, 15) is 0 Å². The van der Waals surface area contributed by atoms with Crippen LogP contribution in [-0.4, -0.2) is 31.7 Å². The Morgan fingerprint density at radius 3 is 2.79 bits per heavy atom. The SMILES string of the molecule is CCC(CC)C1CN=C(NC(C)c2nncn2C)S1. The number of amidine groups is 1. The Morgan fingerprint density at radius 1 is 1.47 bits per heavy atom. The molecule has 106 valence electrons. The molecular weight excluding hydrogens is 258 g/mol. The van der Waals surface area contributed by atoms with Crippen LogP contribution < -0.4 is 5.32 Å². The molecule has 1 aromatic rings. The summed E-state index contributed by atoms with van der Waals surface area (Å²) >= 11 is 1.88. The summed E-state index contributed by atoms with van der Waals surface area (Å²) < 4.78 is 1.94. The zero-order valence-electron chi connectivity index (χ0n) is 12.1. The predicted octanol–water partition coefficient (Wildman–Crippen LogP) is 2.37. The van der Waals surface area contributed by atoms with E-state index >= 15 is 0 Å². The molecule has 2 rings (SSSR count). The second kappa shape index (κ2) is 6.41. The van der Waals surface area contributed by atoms with Crippen molar-refractivity contribution in [3.8, 4) is 0 Å². The van der Waals surface area contributed by atoms with Crippen LogP contribution in [0.15, 0.2) is 11.3 Å². The first-order chi connectivity index (χ1) is 9.15. The predicted molar refractivity (Wildman–Crippen MR) is 80.3 cm³/mol. The van der Waals surface area contributed by atoms with E-state index in [2.05, 4.69) is 41.3 Å². The van der Waals surface area contributed by atoms with Crippen LogP contribution in [0.4, 0.5) is 0 Å². The van der Waals surface area contributed by atoms with Crippen molar-refractivity contribution in [1.82, 2.24) is 20.1 Å². The maximum atomic E-state index is 4.62. The molecule has 6 heteroatoms. The van der Waals surface area contributed by atoms with Crippen LogP contribution in [0.1, 0.15) is 45.5 Å². The van der Waals surface area contributed by atoms with E-state index in [1.165, 1.54) is 12.8 Å². The highest BCUT2D eigenvalue weighted by Crippen LogP contribution is 2.31. The number of nitrogens with one attached hydrogen (secondary N) is 1. The number of hydrogen-bond acceptors (Lipinski definition) is 5. The fourth-order valence-corrected chi connectivity index (χ4v) is 3.87. The molecule has 0 aromatic carbocycles. The van der Waals surface area contributed by atoms with Gasteiger partial charge in [-0.1, -0.05) is 38.5 Å². The molecule has 2 atom stereocenters. The Kier molecular flexibility index (Phi) is 4.85. The molecule has 0 saturated carbocycles. The molecule has 2 unspecified atom stereocenters. The van der Waals surface area contributed by atoms with Crippen molar-refractivity contribution in [1.29, 1.82) is 0 Å². The fourth-order valence-electron chi connectivity index (χ4n) is 2.46. The average Bonchev–Trinajstić information content (AvgIpc) is 3.00. The molecule has 19 heavy (non-hydrogen) atoms. The van der Waals surface area contributed by atoms with Gasteiger partial charge in [0.25, 0.3) is 0 Å². The molecular formula is C13H23N5S. The summed E-state index contributed by atoms with van der Waals surface area (Å²) in [5, 5.41) is 13.2. The number of hydrogen-bond donors (Lipinski definition) is 1. The zero-order chi connectivity index (χ0) is 13.8. The molecule has 1 N–H and O–H groups in total. The van der Waals surface area contributed by atoms with Crippen LogP contribution in [0.2, 0.25) is 0 Å². The number of rotatable bonds is 5. The molecule has 0 aliphatic carbocycles. The maximum absolute atomic E-state index is 4.62. The van der Waals surface area contributed by atoms with E-state index < -0.39 is 0 Å². The van der Waals surface area contributed by atoms with Crippen molar-refractivity contribution >= 4 is 16.9 Å². The molecule has 2 heterocycles. The lowest BCUT2D eigenvalue weighted by Gasteiger charge is -2.19. The highest BCUT2D eigenvalue weighted by Gasteiger charge is 2.27. The molecule has 1 aromatic heterocycles. The second-order valence-corrected chi connectivity index (χ2v) is 6.27. The van der Waals surface area contributed by atoms with E-state index in [1.807, 2.05) is 23.4 Å². The van der Waals surface area contributed by atoms with Gasteiger partial charge in [-0.2, -0.15) is 0 Å². The number of aryl methyl sites for hydroxylation is 1. The first kappa shape index (κ1) is 14.4. The third-order valence-corrected chi connectivity index (χ3v) is 5.03. The Balaban J connectivity index is 1.90. The third-order valence-electron chi connectivity index (χ3n) is 3.73. The highest BCUT2D eigenvalue weighted by molar-refractivity contribution is 8.14. The van der Waals surface area contributed by atoms with Crippen molar-refractivity contribution in [2.75, 3.05) is 6.54 Å². The van der Waals surface area contributed by atoms with Crippen molar-refractivity contribution in [2.45, 2.75) is 44.9 Å². The van der Waals surface area contributed by atoms with Crippen LogP contribution in [0.3, 0.4) is 0 Å². The fraction of sp³-hybridized carbons (Fsp3) is 0.769. The average molecular weight is 281 g/mol. The Labute approximate surface area is 119 Å². The summed E-state index contributed by atoms with van der Waals surface area (Å²) in [4.78, 5) is 4.62. The van der Waals surface area contributed by atoms with Crippen molar-refractivity contribution in [3.63, 3.8) is 0 Å². The van der Waals surface area contributed by atoms with Crippen molar-refractivity contribution < 1.29 is 0 Å². The molecule has 1 aliphatic heterocycles. The lowest BCUT2D eigenvalue weighted by Crippen LogP contribution is -2.26. The number of thioether (sulfide) groups is 1. The van der Waals surface area contributed by atoms with Gasteiger partial charge >= 0.3 is 0 Å². The Morgan fingerprint density at radius 2 is 2.21 bits per heavy atom. The number of aromatic nitrogens is 3. The van der Waals surface area contributed by atoms with Crippen LogP contribution >= 0.6 is 11.8 Å². The minimum absolute atomic E-state index is 0.138. The lowest BCUT2D eigenvalue weighted by atomic mass is 9.99. The largest absolute Gasteiger partial charge is 0.355 e. The van der Waals surface area contributed by atoms with Gasteiger partial charge in [0.05, 0.1) is 12.6 Å². The summed E-state index contributed by atoms with van der Waals surface area (Å²) in [7, 11) is 1.96. The highest BCUT2D eigenvalue weighted by atomic mass is 32.2. The third kappa shape index (κ3) is 3.29. The van der Waals surface area contributed by atoms with Gasteiger partial charge < -0.3 is 9.88 Å². The van der Waals surface area contributed by atoms with Gasteiger partial charge in [0, 0.05) is 12.3 Å². The lowest BCUT2D eigenvalue weighted by molar-refractivity contribution is 0.479. The molecule has 0 amide bonds. The van der Waals surface area contributed by atoms with Gasteiger partial charge in [-0.05, 0) is 12.8 Å². The second-order valence-electron chi connectivity index (χ2n) is 5.04. The number of aliphatic imine (C=N–C) groups is 1. The van der Waals surface area contributed by atoms with E-state index in [0.717, 1.165) is 23.5 Å². The van der Waals surface area contributed by atoms with Crippen molar-refractivity contribution in [3.05, 3.63) is 12.2 Å². The topological polar surface area (TPSA) is 55.1 Å². The van der Waals surface area contributed by atoms with Gasteiger partial charge in [0.1, 0.15) is 6.33 Å². The van der Waals surface area contributed by atoms with Gasteiger partial charge in [-0.3, -0.25) is 4.99 Å². The standard InChI is InChI=1S/C13H23N5S/c1-5-10(6-2)11-7-14-13(19-11)16-9(3)12-17-15-8-18(12)4/h8-11H,5-7H2,1-4H3,(H,14,16). The van der Waals surface area contributed by atoms with Gasteiger partial charge in [0.2, 0.25) is 0 Å². The molecule has 0 saturated heterocycles. The summed E-state index contributed by atoms with van der Waals surface area (Å²) in [6.07, 6.45) is 4.19. The van der Waals surface area contributed by atoms with E-state index in [4.69, 9.17) is 0 Å². The smallest absolute Gasteiger partial charge is 0.157 e. The van der Waals surface area contributed by atoms with Gasteiger partial charge in [-0.25, -0.2) is 0 Å². The minimum atomic E-state index is 0.138. The first-order valence-electron chi connectivity index (χ1n) is 6.97. The molecule has 0 spiro atoms. The van der Waals surface area contributed by atoms with Crippen LogP contribution in [0.25, 0.3) is 0 Å². The molecule has 0 radical (unpaired) electrons. The molecule has 5 nitrogen and oxygen atoms in total. The van der Waals surface area contributed by atoms with Gasteiger partial charge in [0.15, 0.2) is 11.0 Å². The van der Waals surface area contributed by atoms with Crippen molar-refractivity contribution in [2.24, 2.45) is 18.0 Å². The maximum Gasteiger partial charge on any atom is 0.157 e. The summed E-state index contributed by atoms with van der Waals surface area (Å²) in [5.74, 6) is 1.70. The van der Waals surface area contributed by atoms with E-state index in [1.54, 1.807) is 6.33 Å². The minimum Gasteiger partial charge on any atom is -0.355 e. The van der Waals surface area contributed by atoms with Crippen LogP contribution in [0, 0.1) is 5.92 Å². The number of nitrogens with zero attached hydrogens (tertiary/aromatic N) is 4. The van der Waals surface area contributed by atoms with Gasteiger partial charge in [-0.15, -0.1) is 10.2 Å². The Bertz CT molecular complexity index is 438. The van der Waals surface area contributed by atoms with Crippen LogP contribution in [0.5, 0.6) is 0 Å². The first-order valence-corrected chi connectivity index (χ1v) is 7.85. The quantitative estimate of drug-likeness (QED) is 0.900. The summed E-state index contributed by atoms with van der Waals surface area (Å²) in [6, 6.07) is 0.138. The summed E-state index contributed by atoms with van der Waals surface area (Å²) in [5.41, 5.74) is 0. The normalized spacial score (nSPS) is 20.7. The van der Waals surface area contributed by atoms with E-state index in [0.29, 0.717) is 5.25 Å². The summed E-state index contributed by atoms with van der Waals surface area (Å²) in [6.45, 7) is 7.56. The Hall–Kier alpha value is -1.04. The molecule has 0 fully saturated rings. The zero-order valence-corrected chi connectivity index (χ0v) is 12.9. The monoisotopic (exact) mass is 281 g/mol. The molecule has 0 bridgehead atoms.